The number of alkyl halides is 3. The maximum absolute atomic E-state index is 13.2. The number of tetrazole rings is 1. The van der Waals surface area contributed by atoms with E-state index in [2.05, 4.69) is 15.5 Å². The molecule has 1 aromatic heterocycles. The zero-order valence-electron chi connectivity index (χ0n) is 16.0. The van der Waals surface area contributed by atoms with E-state index in [0.717, 1.165) is 17.7 Å². The van der Waals surface area contributed by atoms with Crippen LogP contribution in [0.25, 0.3) is 11.3 Å². The summed E-state index contributed by atoms with van der Waals surface area (Å²) in [6, 6.07) is 11.6. The maximum Gasteiger partial charge on any atom is 0.416 e. The van der Waals surface area contributed by atoms with E-state index < -0.39 is 17.5 Å². The molecule has 0 spiro atoms. The van der Waals surface area contributed by atoms with Gasteiger partial charge in [-0.3, -0.25) is 4.79 Å². The second kappa shape index (κ2) is 7.86. The number of Topliss-reactive ketones (excluding diaryl/α,β-unsaturated/α-hetero) is 1. The molecule has 0 amide bonds. The average molecular weight is 401 g/mol. The zero-order valence-corrected chi connectivity index (χ0v) is 16.0. The van der Waals surface area contributed by atoms with Crippen molar-refractivity contribution in [1.82, 2.24) is 25.1 Å². The van der Waals surface area contributed by atoms with E-state index in [9.17, 15) is 18.0 Å². The number of aromatic nitrogens is 4. The van der Waals surface area contributed by atoms with Crippen LogP contribution in [-0.4, -0.2) is 45.0 Å². The van der Waals surface area contributed by atoms with Gasteiger partial charge < -0.3 is 4.90 Å². The van der Waals surface area contributed by atoms with Crippen LogP contribution in [0.4, 0.5) is 13.2 Å². The lowest BCUT2D eigenvalue weighted by molar-refractivity contribution is -0.137. The van der Waals surface area contributed by atoms with Gasteiger partial charge in [0, 0.05) is 25.9 Å². The smallest absolute Gasteiger partial charge is 0.383 e. The second-order valence-electron chi connectivity index (χ2n) is 6.61. The van der Waals surface area contributed by atoms with Gasteiger partial charge in [-0.1, -0.05) is 30.3 Å². The number of benzene rings is 2. The minimum atomic E-state index is -4.55. The van der Waals surface area contributed by atoms with Gasteiger partial charge in [0.25, 0.3) is 0 Å². The number of carbonyl (C=O) groups excluding carboxylic acids is 1. The molecule has 2 aromatic carbocycles. The number of hydrogen-bond donors (Lipinski definition) is 0. The summed E-state index contributed by atoms with van der Waals surface area (Å²) in [4.78, 5) is 14.8. The van der Waals surface area contributed by atoms with Crippen LogP contribution in [0.15, 0.2) is 54.7 Å². The molecule has 1 heterocycles. The Morgan fingerprint density at radius 2 is 1.83 bits per heavy atom. The summed E-state index contributed by atoms with van der Waals surface area (Å²) in [5.41, 5.74) is 0.603. The van der Waals surface area contributed by atoms with E-state index in [4.69, 9.17) is 0 Å². The number of para-hydroxylation sites is 1. The van der Waals surface area contributed by atoms with E-state index >= 15 is 0 Å². The van der Waals surface area contributed by atoms with E-state index in [0.29, 0.717) is 5.69 Å². The van der Waals surface area contributed by atoms with Gasteiger partial charge in [0.15, 0.2) is 11.6 Å². The van der Waals surface area contributed by atoms with E-state index in [1.165, 1.54) is 23.0 Å². The quantitative estimate of drug-likeness (QED) is 0.481. The monoisotopic (exact) mass is 401 g/mol. The third kappa shape index (κ3) is 4.34. The van der Waals surface area contributed by atoms with Crippen LogP contribution in [0, 0.1) is 6.92 Å². The highest BCUT2D eigenvalue weighted by Crippen LogP contribution is 2.31. The van der Waals surface area contributed by atoms with Crippen LogP contribution >= 0.6 is 0 Å². The summed E-state index contributed by atoms with van der Waals surface area (Å²) in [6.07, 6.45) is -3.06. The molecule has 3 aromatic rings. The summed E-state index contributed by atoms with van der Waals surface area (Å²) >= 11 is 0. The molecule has 0 radical (unpaired) electrons. The predicted molar refractivity (Wildman–Crippen MR) is 101 cm³/mol. The van der Waals surface area contributed by atoms with Crippen molar-refractivity contribution in [3.8, 4) is 5.69 Å². The molecule has 0 aliphatic heterocycles. The van der Waals surface area contributed by atoms with Crippen molar-refractivity contribution in [2.24, 2.45) is 0 Å². The molecule has 29 heavy (non-hydrogen) atoms. The van der Waals surface area contributed by atoms with Crippen molar-refractivity contribution < 1.29 is 18.0 Å². The van der Waals surface area contributed by atoms with Crippen LogP contribution in [0.1, 0.15) is 27.3 Å². The lowest BCUT2D eigenvalue weighted by atomic mass is 10.0. The number of halogens is 3. The third-order valence-corrected chi connectivity index (χ3v) is 4.14. The Balaban J connectivity index is 2.12. The molecule has 0 unspecified atom stereocenters. The van der Waals surface area contributed by atoms with Gasteiger partial charge in [-0.25, -0.2) is 0 Å². The Hall–Kier alpha value is -3.49. The first-order chi connectivity index (χ1) is 13.7. The molecule has 0 N–H and O–H groups in total. The normalized spacial score (nSPS) is 12.1. The van der Waals surface area contributed by atoms with Crippen LogP contribution in [0.3, 0.4) is 0 Å². The molecule has 0 atom stereocenters. The Labute approximate surface area is 165 Å². The van der Waals surface area contributed by atoms with Crippen LogP contribution in [0.2, 0.25) is 0 Å². The maximum atomic E-state index is 13.2. The SMILES string of the molecule is Cc1ccccc1-n1nnnc1C(=CN(C)C)C(=O)c1cccc(C(F)(F)F)c1. The number of ketones is 1. The highest BCUT2D eigenvalue weighted by Gasteiger charge is 2.31. The lowest BCUT2D eigenvalue weighted by Gasteiger charge is -2.13. The molecule has 3 rings (SSSR count). The molecule has 0 bridgehead atoms. The largest absolute Gasteiger partial charge is 0.416 e. The van der Waals surface area contributed by atoms with Gasteiger partial charge in [0.1, 0.15) is 0 Å². The zero-order chi connectivity index (χ0) is 21.2. The van der Waals surface area contributed by atoms with Gasteiger partial charge in [-0.2, -0.15) is 17.9 Å². The van der Waals surface area contributed by atoms with Crippen molar-refractivity contribution in [2.45, 2.75) is 13.1 Å². The Morgan fingerprint density at radius 1 is 1.10 bits per heavy atom. The second-order valence-corrected chi connectivity index (χ2v) is 6.61. The number of allylic oxidation sites excluding steroid dienone is 1. The molecule has 0 saturated heterocycles. The lowest BCUT2D eigenvalue weighted by Crippen LogP contribution is -2.15. The Kier molecular flexibility index (Phi) is 5.49. The van der Waals surface area contributed by atoms with Crippen LogP contribution in [-0.2, 0) is 6.18 Å². The van der Waals surface area contributed by atoms with E-state index in [-0.39, 0.29) is 17.0 Å². The van der Waals surface area contributed by atoms with E-state index in [1.807, 2.05) is 19.1 Å². The minimum absolute atomic E-state index is 0.0718. The Morgan fingerprint density at radius 3 is 2.48 bits per heavy atom. The number of nitrogens with zero attached hydrogens (tertiary/aromatic N) is 5. The number of rotatable bonds is 5. The first kappa shape index (κ1) is 20.2. The number of hydrogen-bond acceptors (Lipinski definition) is 5. The highest BCUT2D eigenvalue weighted by molar-refractivity contribution is 6.28. The molecule has 150 valence electrons. The number of aryl methyl sites for hydroxylation is 1. The van der Waals surface area contributed by atoms with Gasteiger partial charge >= 0.3 is 6.18 Å². The van der Waals surface area contributed by atoms with Crippen molar-refractivity contribution in [3.05, 3.63) is 77.2 Å². The van der Waals surface area contributed by atoms with E-state index in [1.54, 1.807) is 31.1 Å². The average Bonchev–Trinajstić information content (AvgIpc) is 3.14. The predicted octanol–water partition coefficient (Wildman–Crippen LogP) is 3.77. The molecular weight excluding hydrogens is 383 g/mol. The summed E-state index contributed by atoms with van der Waals surface area (Å²) in [6.45, 7) is 1.87. The first-order valence-corrected chi connectivity index (χ1v) is 8.63. The summed E-state index contributed by atoms with van der Waals surface area (Å²) in [7, 11) is 3.39. The highest BCUT2D eigenvalue weighted by atomic mass is 19.4. The summed E-state index contributed by atoms with van der Waals surface area (Å²) in [5, 5.41) is 11.6. The van der Waals surface area contributed by atoms with Crippen molar-refractivity contribution in [3.63, 3.8) is 0 Å². The summed E-state index contributed by atoms with van der Waals surface area (Å²) < 4.78 is 40.6. The van der Waals surface area contributed by atoms with Gasteiger partial charge in [-0.05, 0) is 41.1 Å². The fourth-order valence-electron chi connectivity index (χ4n) is 2.79. The van der Waals surface area contributed by atoms with Gasteiger partial charge in [0.05, 0.1) is 16.8 Å². The van der Waals surface area contributed by atoms with Crippen molar-refractivity contribution in [1.29, 1.82) is 0 Å². The topological polar surface area (TPSA) is 63.9 Å². The Bertz CT molecular complexity index is 1070. The fraction of sp³-hybridized carbons (Fsp3) is 0.200. The fourth-order valence-corrected chi connectivity index (χ4v) is 2.79. The van der Waals surface area contributed by atoms with Crippen LogP contribution in [0.5, 0.6) is 0 Å². The molecule has 6 nitrogen and oxygen atoms in total. The molecule has 0 aliphatic rings. The number of carbonyl (C=O) groups is 1. The molecule has 9 heteroatoms. The standard InChI is InChI=1S/C20H18F3N5O/c1-13-7-4-5-10-17(13)28-19(24-25-26-28)16(12-27(2)3)18(29)14-8-6-9-15(11-14)20(21,22)23/h4-12H,1-3H3. The van der Waals surface area contributed by atoms with Gasteiger partial charge in [0.2, 0.25) is 0 Å². The minimum Gasteiger partial charge on any atom is -0.383 e. The molecular formula is C20H18F3N5O. The molecule has 0 saturated carbocycles. The van der Waals surface area contributed by atoms with Crippen molar-refractivity contribution in [2.75, 3.05) is 14.1 Å². The van der Waals surface area contributed by atoms with Gasteiger partial charge in [-0.15, -0.1) is 5.10 Å². The van der Waals surface area contributed by atoms with Crippen molar-refractivity contribution >= 4 is 11.4 Å². The molecule has 0 fully saturated rings. The molecule has 0 aliphatic carbocycles. The third-order valence-electron chi connectivity index (χ3n) is 4.14. The van der Waals surface area contributed by atoms with Crippen LogP contribution < -0.4 is 0 Å². The first-order valence-electron chi connectivity index (χ1n) is 8.63. The summed E-state index contributed by atoms with van der Waals surface area (Å²) in [5.74, 6) is -0.482.